The Labute approximate surface area is 158 Å². The van der Waals surface area contributed by atoms with E-state index in [9.17, 15) is 9.59 Å². The molecule has 0 radical (unpaired) electrons. The Morgan fingerprint density at radius 2 is 1.78 bits per heavy atom. The van der Waals surface area contributed by atoms with Gasteiger partial charge in [0.1, 0.15) is 6.61 Å². The minimum Gasteiger partial charge on any atom is -0.465 e. The van der Waals surface area contributed by atoms with Crippen molar-refractivity contribution in [3.8, 4) is 0 Å². The molecule has 1 N–H and O–H groups in total. The average molecular weight is 365 g/mol. The molecule has 0 saturated heterocycles. The van der Waals surface area contributed by atoms with Crippen molar-refractivity contribution in [3.05, 3.63) is 70.9 Å². The van der Waals surface area contributed by atoms with E-state index in [4.69, 9.17) is 9.47 Å². The third-order valence-electron chi connectivity index (χ3n) is 4.33. The summed E-state index contributed by atoms with van der Waals surface area (Å²) >= 11 is 0. The van der Waals surface area contributed by atoms with E-state index < -0.39 is 5.97 Å². The molecule has 0 atom stereocenters. The molecule has 0 bridgehead atoms. The normalized spacial score (nSPS) is 11.0. The van der Waals surface area contributed by atoms with Crippen molar-refractivity contribution in [3.63, 3.8) is 0 Å². The minimum atomic E-state index is -0.412. The van der Waals surface area contributed by atoms with E-state index in [1.165, 1.54) is 7.11 Å². The number of carbonyl (C=O) groups excluding carboxylic acids is 2. The SMILES string of the molecule is COC(=O)c1ccc2c(C(=O)OCc3ccccc3)c(CC(C)C)[nH]c2c1. The molecule has 5 nitrogen and oxygen atoms in total. The predicted molar refractivity (Wildman–Crippen MR) is 104 cm³/mol. The van der Waals surface area contributed by atoms with Crippen LogP contribution in [0.4, 0.5) is 0 Å². The molecule has 1 heterocycles. The first-order valence-electron chi connectivity index (χ1n) is 8.93. The molecule has 0 aliphatic heterocycles. The maximum atomic E-state index is 12.8. The van der Waals surface area contributed by atoms with Gasteiger partial charge in [-0.25, -0.2) is 9.59 Å². The summed E-state index contributed by atoms with van der Waals surface area (Å²) in [7, 11) is 1.35. The number of rotatable bonds is 6. The molecule has 0 unspecified atom stereocenters. The summed E-state index contributed by atoms with van der Waals surface area (Å²) < 4.78 is 10.3. The highest BCUT2D eigenvalue weighted by Gasteiger charge is 2.21. The van der Waals surface area contributed by atoms with E-state index >= 15 is 0 Å². The number of benzene rings is 2. The molecular weight excluding hydrogens is 342 g/mol. The predicted octanol–water partition coefficient (Wildman–Crippen LogP) is 4.51. The molecule has 5 heteroatoms. The number of aromatic nitrogens is 1. The zero-order valence-corrected chi connectivity index (χ0v) is 15.7. The van der Waals surface area contributed by atoms with Crippen LogP contribution in [0.1, 0.15) is 45.8 Å². The van der Waals surface area contributed by atoms with Gasteiger partial charge < -0.3 is 14.5 Å². The summed E-state index contributed by atoms with van der Waals surface area (Å²) in [6.45, 7) is 4.39. The Balaban J connectivity index is 1.95. The summed E-state index contributed by atoms with van der Waals surface area (Å²) in [4.78, 5) is 27.9. The zero-order valence-electron chi connectivity index (χ0n) is 15.7. The molecule has 140 valence electrons. The first-order valence-corrected chi connectivity index (χ1v) is 8.93. The van der Waals surface area contributed by atoms with Crippen LogP contribution >= 0.6 is 0 Å². The lowest BCUT2D eigenvalue weighted by atomic mass is 10.0. The number of aromatic amines is 1. The van der Waals surface area contributed by atoms with Crippen LogP contribution in [0.3, 0.4) is 0 Å². The van der Waals surface area contributed by atoms with Gasteiger partial charge >= 0.3 is 11.9 Å². The molecule has 0 aliphatic rings. The molecular formula is C22H23NO4. The first kappa shape index (κ1) is 18.7. The second-order valence-corrected chi connectivity index (χ2v) is 6.89. The van der Waals surface area contributed by atoms with Crippen LogP contribution in [0, 0.1) is 5.92 Å². The van der Waals surface area contributed by atoms with Crippen molar-refractivity contribution in [1.29, 1.82) is 0 Å². The number of esters is 2. The fourth-order valence-corrected chi connectivity index (χ4v) is 3.09. The summed E-state index contributed by atoms with van der Waals surface area (Å²) in [6.07, 6.45) is 0.706. The Morgan fingerprint density at radius 3 is 2.44 bits per heavy atom. The lowest BCUT2D eigenvalue weighted by molar-refractivity contribution is 0.0473. The zero-order chi connectivity index (χ0) is 19.4. The van der Waals surface area contributed by atoms with Gasteiger partial charge in [0.15, 0.2) is 0 Å². The highest BCUT2D eigenvalue weighted by Crippen LogP contribution is 2.27. The van der Waals surface area contributed by atoms with Gasteiger partial charge in [0.05, 0.1) is 18.2 Å². The van der Waals surface area contributed by atoms with Gasteiger partial charge in [0.2, 0.25) is 0 Å². The van der Waals surface area contributed by atoms with E-state index in [0.29, 0.717) is 23.5 Å². The van der Waals surface area contributed by atoms with Gasteiger partial charge in [-0.05, 0) is 30.0 Å². The van der Waals surface area contributed by atoms with Gasteiger partial charge in [0.25, 0.3) is 0 Å². The third-order valence-corrected chi connectivity index (χ3v) is 4.33. The number of fused-ring (bicyclic) bond motifs is 1. The third kappa shape index (κ3) is 4.19. The molecule has 0 spiro atoms. The van der Waals surface area contributed by atoms with Crippen molar-refractivity contribution in [2.24, 2.45) is 5.92 Å². The lowest BCUT2D eigenvalue weighted by Gasteiger charge is -2.08. The maximum absolute atomic E-state index is 12.8. The van der Waals surface area contributed by atoms with E-state index in [1.54, 1.807) is 18.2 Å². The Bertz CT molecular complexity index is 957. The number of hydrogen-bond acceptors (Lipinski definition) is 4. The monoisotopic (exact) mass is 365 g/mol. The number of hydrogen-bond donors (Lipinski definition) is 1. The number of carbonyl (C=O) groups is 2. The van der Waals surface area contributed by atoms with Gasteiger partial charge in [0, 0.05) is 16.6 Å². The average Bonchev–Trinajstić information content (AvgIpc) is 3.02. The van der Waals surface area contributed by atoms with Gasteiger partial charge in [-0.15, -0.1) is 0 Å². The van der Waals surface area contributed by atoms with Crippen LogP contribution in [0.2, 0.25) is 0 Å². The molecule has 0 saturated carbocycles. The van der Waals surface area contributed by atoms with Crippen LogP contribution in [-0.4, -0.2) is 24.0 Å². The van der Waals surface area contributed by atoms with Crippen molar-refractivity contribution >= 4 is 22.8 Å². The van der Waals surface area contributed by atoms with Crippen LogP contribution in [0.15, 0.2) is 48.5 Å². The Morgan fingerprint density at radius 1 is 1.04 bits per heavy atom. The molecule has 3 rings (SSSR count). The second kappa shape index (κ2) is 8.08. The molecule has 2 aromatic carbocycles. The molecule has 1 aromatic heterocycles. The van der Waals surface area contributed by atoms with Crippen molar-refractivity contribution in [2.45, 2.75) is 26.9 Å². The standard InChI is InChI=1S/C22H23NO4/c1-14(2)11-19-20(22(25)27-13-15-7-5-4-6-8-15)17-10-9-16(21(24)26-3)12-18(17)23-19/h4-10,12,14,23H,11,13H2,1-3H3. The van der Waals surface area contributed by atoms with Gasteiger partial charge in [-0.2, -0.15) is 0 Å². The Kier molecular flexibility index (Phi) is 5.60. The molecule has 0 aliphatic carbocycles. The lowest BCUT2D eigenvalue weighted by Crippen LogP contribution is -2.09. The summed E-state index contributed by atoms with van der Waals surface area (Å²) in [5.41, 5.74) is 3.45. The quantitative estimate of drug-likeness (QED) is 0.653. The van der Waals surface area contributed by atoms with E-state index in [0.717, 1.165) is 22.2 Å². The summed E-state index contributed by atoms with van der Waals surface area (Å²) in [5, 5.41) is 0.747. The highest BCUT2D eigenvalue weighted by molar-refractivity contribution is 6.07. The van der Waals surface area contributed by atoms with Crippen molar-refractivity contribution in [2.75, 3.05) is 7.11 Å². The smallest absolute Gasteiger partial charge is 0.340 e. The fourth-order valence-electron chi connectivity index (χ4n) is 3.09. The highest BCUT2D eigenvalue weighted by atomic mass is 16.5. The summed E-state index contributed by atoms with van der Waals surface area (Å²) in [5.74, 6) is -0.421. The molecule has 3 aromatic rings. The van der Waals surface area contributed by atoms with Crippen LogP contribution < -0.4 is 0 Å². The van der Waals surface area contributed by atoms with Crippen molar-refractivity contribution in [1.82, 2.24) is 4.98 Å². The molecule has 27 heavy (non-hydrogen) atoms. The van der Waals surface area contributed by atoms with E-state index in [1.807, 2.05) is 30.3 Å². The largest absolute Gasteiger partial charge is 0.465 e. The van der Waals surface area contributed by atoms with Crippen LogP contribution in [0.25, 0.3) is 10.9 Å². The molecule has 0 fully saturated rings. The fraction of sp³-hybridized carbons (Fsp3) is 0.273. The van der Waals surface area contributed by atoms with Gasteiger partial charge in [-0.3, -0.25) is 0 Å². The number of ether oxygens (including phenoxy) is 2. The topological polar surface area (TPSA) is 68.4 Å². The number of methoxy groups -OCH3 is 1. The van der Waals surface area contributed by atoms with E-state index in [-0.39, 0.29) is 12.6 Å². The minimum absolute atomic E-state index is 0.216. The maximum Gasteiger partial charge on any atom is 0.340 e. The van der Waals surface area contributed by atoms with Crippen LogP contribution in [0.5, 0.6) is 0 Å². The molecule has 0 amide bonds. The number of nitrogens with one attached hydrogen (secondary N) is 1. The van der Waals surface area contributed by atoms with Gasteiger partial charge in [-0.1, -0.05) is 50.2 Å². The Hall–Kier alpha value is -3.08. The first-order chi connectivity index (χ1) is 13.0. The summed E-state index contributed by atoms with van der Waals surface area (Å²) in [6, 6.07) is 14.7. The van der Waals surface area contributed by atoms with Crippen molar-refractivity contribution < 1.29 is 19.1 Å². The number of H-pyrrole nitrogens is 1. The second-order valence-electron chi connectivity index (χ2n) is 6.89. The van der Waals surface area contributed by atoms with Crippen LogP contribution in [-0.2, 0) is 22.5 Å². The van der Waals surface area contributed by atoms with E-state index in [2.05, 4.69) is 18.8 Å².